The van der Waals surface area contributed by atoms with Gasteiger partial charge in [0.25, 0.3) is 5.91 Å². The Hall–Kier alpha value is -1.52. The zero-order valence-electron chi connectivity index (χ0n) is 10.5. The van der Waals surface area contributed by atoms with Crippen molar-refractivity contribution in [3.05, 3.63) is 29.6 Å². The SMILES string of the molecule is CC1(C)CCCC1NC(=O)c1ccnc(F)c1F. The molecule has 3 nitrogen and oxygen atoms in total. The lowest BCUT2D eigenvalue weighted by Crippen LogP contribution is -2.41. The maximum atomic E-state index is 13.4. The smallest absolute Gasteiger partial charge is 0.254 e. The van der Waals surface area contributed by atoms with Crippen molar-refractivity contribution in [2.45, 2.75) is 39.2 Å². The van der Waals surface area contributed by atoms with Crippen molar-refractivity contribution in [1.82, 2.24) is 10.3 Å². The zero-order valence-corrected chi connectivity index (χ0v) is 10.5. The zero-order chi connectivity index (χ0) is 13.3. The van der Waals surface area contributed by atoms with E-state index in [1.54, 1.807) is 0 Å². The molecule has 0 bridgehead atoms. The molecule has 1 amide bonds. The summed E-state index contributed by atoms with van der Waals surface area (Å²) in [4.78, 5) is 15.1. The molecule has 0 spiro atoms. The van der Waals surface area contributed by atoms with Crippen LogP contribution in [-0.4, -0.2) is 16.9 Å². The number of nitrogens with one attached hydrogen (secondary N) is 1. The van der Waals surface area contributed by atoms with Crippen molar-refractivity contribution in [2.24, 2.45) is 5.41 Å². The number of pyridine rings is 1. The molecule has 1 atom stereocenters. The van der Waals surface area contributed by atoms with Crippen LogP contribution in [0, 0.1) is 17.2 Å². The quantitative estimate of drug-likeness (QED) is 0.824. The molecule has 1 aromatic rings. The molecule has 1 saturated carbocycles. The third-order valence-corrected chi connectivity index (χ3v) is 3.65. The van der Waals surface area contributed by atoms with Gasteiger partial charge in [-0.05, 0) is 24.3 Å². The molecule has 1 aromatic heterocycles. The Bertz CT molecular complexity index is 474. The number of aromatic nitrogens is 1. The normalized spacial score (nSPS) is 21.9. The van der Waals surface area contributed by atoms with Gasteiger partial charge in [-0.3, -0.25) is 4.79 Å². The van der Waals surface area contributed by atoms with Crippen LogP contribution < -0.4 is 5.32 Å². The molecule has 0 radical (unpaired) electrons. The van der Waals surface area contributed by atoms with Gasteiger partial charge in [-0.2, -0.15) is 4.39 Å². The molecule has 0 saturated heterocycles. The number of carbonyl (C=O) groups is 1. The van der Waals surface area contributed by atoms with Crippen LogP contribution in [0.2, 0.25) is 0 Å². The average molecular weight is 254 g/mol. The van der Waals surface area contributed by atoms with Gasteiger partial charge in [0.05, 0.1) is 5.56 Å². The van der Waals surface area contributed by atoms with E-state index in [4.69, 9.17) is 0 Å². The van der Waals surface area contributed by atoms with Gasteiger partial charge in [0.2, 0.25) is 5.95 Å². The van der Waals surface area contributed by atoms with Gasteiger partial charge in [-0.25, -0.2) is 9.37 Å². The molecule has 1 aliphatic carbocycles. The Balaban J connectivity index is 2.15. The first kappa shape index (κ1) is 12.9. The van der Waals surface area contributed by atoms with E-state index in [1.165, 1.54) is 6.07 Å². The number of rotatable bonds is 2. The lowest BCUT2D eigenvalue weighted by molar-refractivity contribution is 0.0904. The van der Waals surface area contributed by atoms with E-state index < -0.39 is 17.7 Å². The molecular weight excluding hydrogens is 238 g/mol. The standard InChI is InChI=1S/C13H16F2N2O/c1-13(2)6-3-4-9(13)17-12(18)8-5-7-16-11(15)10(8)14/h5,7,9H,3-4,6H2,1-2H3,(H,17,18). The van der Waals surface area contributed by atoms with E-state index >= 15 is 0 Å². The molecule has 1 aliphatic rings. The average Bonchev–Trinajstić information content (AvgIpc) is 2.62. The minimum absolute atomic E-state index is 0.000580. The van der Waals surface area contributed by atoms with Crippen molar-refractivity contribution in [1.29, 1.82) is 0 Å². The molecule has 0 aromatic carbocycles. The second kappa shape index (κ2) is 4.63. The van der Waals surface area contributed by atoms with Crippen molar-refractivity contribution in [3.8, 4) is 0 Å². The van der Waals surface area contributed by atoms with Crippen LogP contribution >= 0.6 is 0 Å². The number of halogens is 2. The maximum absolute atomic E-state index is 13.4. The largest absolute Gasteiger partial charge is 0.349 e. The Labute approximate surface area is 105 Å². The summed E-state index contributed by atoms with van der Waals surface area (Å²) in [6, 6.07) is 1.19. The summed E-state index contributed by atoms with van der Waals surface area (Å²) < 4.78 is 26.4. The molecule has 18 heavy (non-hydrogen) atoms. The van der Waals surface area contributed by atoms with Gasteiger partial charge in [0, 0.05) is 12.2 Å². The third kappa shape index (κ3) is 2.35. The summed E-state index contributed by atoms with van der Waals surface area (Å²) in [5.41, 5.74) is -0.289. The highest BCUT2D eigenvalue weighted by molar-refractivity contribution is 5.94. The predicted octanol–water partition coefficient (Wildman–Crippen LogP) is 2.67. The van der Waals surface area contributed by atoms with Crippen LogP contribution in [0.15, 0.2) is 12.3 Å². The lowest BCUT2D eigenvalue weighted by atomic mass is 9.87. The Kier molecular flexibility index (Phi) is 3.32. The summed E-state index contributed by atoms with van der Waals surface area (Å²) in [7, 11) is 0. The van der Waals surface area contributed by atoms with Gasteiger partial charge < -0.3 is 5.32 Å². The van der Waals surface area contributed by atoms with Crippen molar-refractivity contribution < 1.29 is 13.6 Å². The fraction of sp³-hybridized carbons (Fsp3) is 0.538. The van der Waals surface area contributed by atoms with Crippen LogP contribution in [0.3, 0.4) is 0 Å². The molecule has 5 heteroatoms. The highest BCUT2D eigenvalue weighted by Crippen LogP contribution is 2.37. The first-order valence-corrected chi connectivity index (χ1v) is 6.03. The molecule has 0 aliphatic heterocycles. The molecule has 2 rings (SSSR count). The van der Waals surface area contributed by atoms with E-state index in [9.17, 15) is 13.6 Å². The Morgan fingerprint density at radius 2 is 2.22 bits per heavy atom. The summed E-state index contributed by atoms with van der Waals surface area (Å²) in [5, 5.41) is 2.78. The van der Waals surface area contributed by atoms with Gasteiger partial charge in [0.1, 0.15) is 0 Å². The van der Waals surface area contributed by atoms with Crippen LogP contribution in [0.5, 0.6) is 0 Å². The van der Waals surface area contributed by atoms with Gasteiger partial charge in [-0.1, -0.05) is 20.3 Å². The van der Waals surface area contributed by atoms with Gasteiger partial charge in [-0.15, -0.1) is 0 Å². The highest BCUT2D eigenvalue weighted by Gasteiger charge is 2.35. The van der Waals surface area contributed by atoms with Crippen LogP contribution in [0.25, 0.3) is 0 Å². The van der Waals surface area contributed by atoms with Crippen molar-refractivity contribution in [2.75, 3.05) is 0 Å². The van der Waals surface area contributed by atoms with Crippen molar-refractivity contribution in [3.63, 3.8) is 0 Å². The number of hydrogen-bond acceptors (Lipinski definition) is 2. The molecule has 1 heterocycles. The minimum Gasteiger partial charge on any atom is -0.349 e. The second-order valence-corrected chi connectivity index (χ2v) is 5.37. The van der Waals surface area contributed by atoms with E-state index in [-0.39, 0.29) is 17.0 Å². The summed E-state index contributed by atoms with van der Waals surface area (Å²) in [6.45, 7) is 4.13. The van der Waals surface area contributed by atoms with Crippen LogP contribution in [0.1, 0.15) is 43.5 Å². The van der Waals surface area contributed by atoms with E-state index in [2.05, 4.69) is 24.1 Å². The topological polar surface area (TPSA) is 42.0 Å². The third-order valence-electron chi connectivity index (χ3n) is 3.65. The summed E-state index contributed by atoms with van der Waals surface area (Å²) >= 11 is 0. The molecular formula is C13H16F2N2O. The summed E-state index contributed by atoms with van der Waals surface area (Å²) in [5.74, 6) is -3.01. The second-order valence-electron chi connectivity index (χ2n) is 5.37. The monoisotopic (exact) mass is 254 g/mol. The van der Waals surface area contributed by atoms with E-state index in [0.717, 1.165) is 25.5 Å². The lowest BCUT2D eigenvalue weighted by Gasteiger charge is -2.27. The molecule has 98 valence electrons. The number of nitrogens with zero attached hydrogens (tertiary/aromatic N) is 1. The molecule has 1 fully saturated rings. The Morgan fingerprint density at radius 3 is 2.83 bits per heavy atom. The number of hydrogen-bond donors (Lipinski definition) is 1. The maximum Gasteiger partial charge on any atom is 0.254 e. The van der Waals surface area contributed by atoms with E-state index in [0.29, 0.717) is 0 Å². The minimum atomic E-state index is -1.24. The van der Waals surface area contributed by atoms with Crippen LogP contribution in [0.4, 0.5) is 8.78 Å². The molecule has 1 unspecified atom stereocenters. The fourth-order valence-corrected chi connectivity index (χ4v) is 2.42. The first-order chi connectivity index (χ1) is 8.42. The van der Waals surface area contributed by atoms with Crippen molar-refractivity contribution >= 4 is 5.91 Å². The Morgan fingerprint density at radius 1 is 1.50 bits per heavy atom. The highest BCUT2D eigenvalue weighted by atomic mass is 19.2. The predicted molar refractivity (Wildman–Crippen MR) is 63.0 cm³/mol. The first-order valence-electron chi connectivity index (χ1n) is 6.03. The molecule has 1 N–H and O–H groups in total. The van der Waals surface area contributed by atoms with E-state index in [1.807, 2.05) is 0 Å². The van der Waals surface area contributed by atoms with Crippen LogP contribution in [-0.2, 0) is 0 Å². The van der Waals surface area contributed by atoms with Gasteiger partial charge >= 0.3 is 0 Å². The summed E-state index contributed by atoms with van der Waals surface area (Å²) in [6.07, 6.45) is 4.01. The fourth-order valence-electron chi connectivity index (χ4n) is 2.42. The van der Waals surface area contributed by atoms with Gasteiger partial charge in [0.15, 0.2) is 5.82 Å². The number of carbonyl (C=O) groups excluding carboxylic acids is 1. The number of amides is 1.